The summed E-state index contributed by atoms with van der Waals surface area (Å²) in [6, 6.07) is 0.131. The van der Waals surface area contributed by atoms with Gasteiger partial charge in [0.15, 0.2) is 5.65 Å². The second kappa shape index (κ2) is 5.44. The van der Waals surface area contributed by atoms with Gasteiger partial charge in [-0.2, -0.15) is 5.10 Å². The predicted octanol–water partition coefficient (Wildman–Crippen LogP) is 0.989. The van der Waals surface area contributed by atoms with Crippen LogP contribution in [0.15, 0.2) is 12.4 Å². The number of aromatic nitrogens is 3. The van der Waals surface area contributed by atoms with E-state index in [0.717, 1.165) is 12.8 Å². The van der Waals surface area contributed by atoms with Crippen LogP contribution >= 0.6 is 0 Å². The quantitative estimate of drug-likeness (QED) is 0.877. The van der Waals surface area contributed by atoms with E-state index < -0.39 is 16.8 Å². The van der Waals surface area contributed by atoms with E-state index in [1.807, 2.05) is 0 Å². The molecule has 1 aliphatic rings. The van der Waals surface area contributed by atoms with Gasteiger partial charge in [0.1, 0.15) is 5.56 Å². The Morgan fingerprint density at radius 1 is 1.43 bits per heavy atom. The number of rotatable bonds is 3. The molecular weight excluding hydrogens is 292 g/mol. The summed E-state index contributed by atoms with van der Waals surface area (Å²) in [5.41, 5.74) is 1.34. The molecule has 21 heavy (non-hydrogen) atoms. The van der Waals surface area contributed by atoms with Crippen molar-refractivity contribution in [3.63, 3.8) is 0 Å². The first-order chi connectivity index (χ1) is 10.1. The van der Waals surface area contributed by atoms with Gasteiger partial charge in [-0.05, 0) is 12.8 Å². The Kier molecular flexibility index (Phi) is 3.62. The van der Waals surface area contributed by atoms with E-state index in [2.05, 4.69) is 15.4 Å². The average molecular weight is 308 g/mol. The molecule has 112 valence electrons. The molecule has 8 heteroatoms. The van der Waals surface area contributed by atoms with Crippen LogP contribution in [0.1, 0.15) is 23.2 Å². The molecule has 2 aromatic rings. The van der Waals surface area contributed by atoms with E-state index in [1.165, 1.54) is 6.20 Å². The highest BCUT2D eigenvalue weighted by Crippen LogP contribution is 2.28. The third-order valence-electron chi connectivity index (χ3n) is 3.73. The molecule has 7 nitrogen and oxygen atoms in total. The Morgan fingerprint density at radius 3 is 2.81 bits per heavy atom. The molecule has 0 amide bonds. The van der Waals surface area contributed by atoms with Gasteiger partial charge in [0.25, 0.3) is 0 Å². The lowest BCUT2D eigenvalue weighted by atomic mass is 10.1. The highest BCUT2D eigenvalue weighted by atomic mass is 32.2. The van der Waals surface area contributed by atoms with Crippen molar-refractivity contribution in [3.05, 3.63) is 18.0 Å². The minimum atomic E-state index is -1.02. The summed E-state index contributed by atoms with van der Waals surface area (Å²) in [5, 5.41) is 17.5. The van der Waals surface area contributed by atoms with Crippen LogP contribution in [0.25, 0.3) is 11.0 Å². The van der Waals surface area contributed by atoms with Crippen molar-refractivity contribution in [3.8, 4) is 0 Å². The Hall–Kier alpha value is -1.96. The molecule has 1 saturated heterocycles. The molecule has 1 fully saturated rings. The van der Waals surface area contributed by atoms with Crippen LogP contribution in [-0.4, -0.2) is 47.6 Å². The zero-order valence-electron chi connectivity index (χ0n) is 11.6. The van der Waals surface area contributed by atoms with E-state index in [4.69, 9.17) is 0 Å². The number of carboxylic acids is 1. The summed E-state index contributed by atoms with van der Waals surface area (Å²) in [4.78, 5) is 15.6. The molecule has 1 aliphatic heterocycles. The van der Waals surface area contributed by atoms with Gasteiger partial charge in [-0.1, -0.05) is 0 Å². The number of hydrogen-bond donors (Lipinski definition) is 2. The minimum Gasteiger partial charge on any atom is -0.478 e. The van der Waals surface area contributed by atoms with Crippen molar-refractivity contribution in [1.29, 1.82) is 0 Å². The number of anilines is 1. The molecule has 0 saturated carbocycles. The topological polar surface area (TPSA) is 97.1 Å². The van der Waals surface area contributed by atoms with Gasteiger partial charge in [0.05, 0.1) is 17.3 Å². The van der Waals surface area contributed by atoms with Crippen LogP contribution < -0.4 is 5.32 Å². The first-order valence-corrected chi connectivity index (χ1v) is 8.20. The van der Waals surface area contributed by atoms with Crippen molar-refractivity contribution in [2.24, 2.45) is 7.05 Å². The lowest BCUT2D eigenvalue weighted by Gasteiger charge is -2.24. The number of aryl methyl sites for hydroxylation is 1. The molecule has 0 bridgehead atoms. The average Bonchev–Trinajstić information content (AvgIpc) is 2.83. The maximum Gasteiger partial charge on any atom is 0.339 e. The fourth-order valence-electron chi connectivity index (χ4n) is 2.56. The first-order valence-electron chi connectivity index (χ1n) is 6.72. The molecule has 0 radical (unpaired) electrons. The number of fused-ring (bicyclic) bond motifs is 1. The van der Waals surface area contributed by atoms with Gasteiger partial charge < -0.3 is 10.4 Å². The van der Waals surface area contributed by atoms with Gasteiger partial charge in [-0.3, -0.25) is 8.89 Å². The summed E-state index contributed by atoms with van der Waals surface area (Å²) < 4.78 is 13.0. The maximum atomic E-state index is 11.4. The number of nitrogens with one attached hydrogen (secondary N) is 1. The SMILES string of the molecule is Cn1ncc2c(NC3CCS(=O)CC3)c(C(=O)O)cnc21. The van der Waals surface area contributed by atoms with E-state index in [-0.39, 0.29) is 11.6 Å². The standard InChI is InChI=1S/C13H16N4O3S/c1-17-12-9(7-15-17)11(10(6-14-12)13(18)19)16-8-2-4-21(20)5-3-8/h6-8H,2-5H2,1H3,(H,14,16)(H,18,19). The molecule has 0 aliphatic carbocycles. The number of carboxylic acid groups (broad SMARTS) is 1. The molecule has 3 rings (SSSR count). The maximum absolute atomic E-state index is 11.4. The highest BCUT2D eigenvalue weighted by molar-refractivity contribution is 7.85. The van der Waals surface area contributed by atoms with Crippen molar-refractivity contribution in [2.75, 3.05) is 16.8 Å². The van der Waals surface area contributed by atoms with Gasteiger partial charge in [0, 0.05) is 41.6 Å². The zero-order valence-corrected chi connectivity index (χ0v) is 12.4. The van der Waals surface area contributed by atoms with Crippen molar-refractivity contribution < 1.29 is 14.1 Å². The fraction of sp³-hybridized carbons (Fsp3) is 0.462. The third-order valence-corrected chi connectivity index (χ3v) is 5.11. The highest BCUT2D eigenvalue weighted by Gasteiger charge is 2.22. The van der Waals surface area contributed by atoms with E-state index in [9.17, 15) is 14.1 Å². The smallest absolute Gasteiger partial charge is 0.339 e. The summed E-state index contributed by atoms with van der Waals surface area (Å²) in [5.74, 6) is 0.290. The number of aromatic carboxylic acids is 1. The number of hydrogen-bond acceptors (Lipinski definition) is 5. The van der Waals surface area contributed by atoms with Gasteiger partial charge in [-0.25, -0.2) is 9.78 Å². The lowest BCUT2D eigenvalue weighted by Crippen LogP contribution is -2.30. The van der Waals surface area contributed by atoms with Crippen molar-refractivity contribution in [2.45, 2.75) is 18.9 Å². The molecule has 2 N–H and O–H groups in total. The Bertz CT molecular complexity index is 718. The minimum absolute atomic E-state index is 0.131. The van der Waals surface area contributed by atoms with E-state index in [0.29, 0.717) is 28.2 Å². The molecule has 0 aromatic carbocycles. The Morgan fingerprint density at radius 2 is 2.14 bits per heavy atom. The third kappa shape index (κ3) is 2.63. The van der Waals surface area contributed by atoms with Crippen molar-refractivity contribution >= 4 is 33.5 Å². The lowest BCUT2D eigenvalue weighted by molar-refractivity contribution is 0.0697. The van der Waals surface area contributed by atoms with Gasteiger partial charge in [-0.15, -0.1) is 0 Å². The molecule has 0 atom stereocenters. The normalized spacial score (nSPS) is 22.3. The Labute approximate surface area is 123 Å². The number of carbonyl (C=O) groups is 1. The molecule has 3 heterocycles. The molecule has 0 spiro atoms. The monoisotopic (exact) mass is 308 g/mol. The summed E-state index contributed by atoms with van der Waals surface area (Å²) in [6.07, 6.45) is 4.53. The first kappa shape index (κ1) is 14.0. The van der Waals surface area contributed by atoms with Gasteiger partial charge >= 0.3 is 5.97 Å². The van der Waals surface area contributed by atoms with Crippen molar-refractivity contribution in [1.82, 2.24) is 14.8 Å². The zero-order chi connectivity index (χ0) is 15.0. The molecule has 2 aromatic heterocycles. The largest absolute Gasteiger partial charge is 0.478 e. The van der Waals surface area contributed by atoms with Crippen LogP contribution in [0.5, 0.6) is 0 Å². The summed E-state index contributed by atoms with van der Waals surface area (Å²) in [7, 11) is 1.03. The molecule has 0 unspecified atom stereocenters. The second-order valence-electron chi connectivity index (χ2n) is 5.12. The number of pyridine rings is 1. The predicted molar refractivity (Wildman–Crippen MR) is 80.0 cm³/mol. The Balaban J connectivity index is 2.00. The molecular formula is C13H16N4O3S. The van der Waals surface area contributed by atoms with Crippen LogP contribution in [0.4, 0.5) is 5.69 Å². The van der Waals surface area contributed by atoms with Crippen LogP contribution in [0.2, 0.25) is 0 Å². The van der Waals surface area contributed by atoms with E-state index in [1.54, 1.807) is 17.9 Å². The van der Waals surface area contributed by atoms with E-state index >= 15 is 0 Å². The summed E-state index contributed by atoms with van der Waals surface area (Å²) in [6.45, 7) is 0. The summed E-state index contributed by atoms with van der Waals surface area (Å²) >= 11 is 0. The van der Waals surface area contributed by atoms with Crippen LogP contribution in [0.3, 0.4) is 0 Å². The number of nitrogens with zero attached hydrogens (tertiary/aromatic N) is 3. The van der Waals surface area contributed by atoms with Gasteiger partial charge in [0.2, 0.25) is 0 Å². The fourth-order valence-corrected chi connectivity index (χ4v) is 3.85. The van der Waals surface area contributed by atoms with Crippen LogP contribution in [-0.2, 0) is 17.8 Å². The van der Waals surface area contributed by atoms with Crippen LogP contribution in [0, 0.1) is 0 Å². The second-order valence-corrected chi connectivity index (χ2v) is 6.82.